The summed E-state index contributed by atoms with van der Waals surface area (Å²) in [4.78, 5) is 12.4. The van der Waals surface area contributed by atoms with Gasteiger partial charge in [0.2, 0.25) is 0 Å². The molecule has 0 radical (unpaired) electrons. The molecule has 1 N–H and O–H groups in total. The number of rotatable bonds is 12. The van der Waals surface area contributed by atoms with Crippen LogP contribution in [-0.4, -0.2) is 44.8 Å². The number of ketones is 1. The zero-order valence-electron chi connectivity index (χ0n) is 24.3. The van der Waals surface area contributed by atoms with Crippen LogP contribution in [0.15, 0.2) is 0 Å². The normalized spacial score (nSPS) is 39.0. The van der Waals surface area contributed by atoms with Crippen LogP contribution in [0.5, 0.6) is 0 Å². The Hall–Kier alpha value is -0.570. The van der Waals surface area contributed by atoms with Crippen molar-refractivity contribution >= 4 is 16.6 Å². The largest absolute Gasteiger partial charge is 0.453 e. The zero-order chi connectivity index (χ0) is 29.3. The Bertz CT molecular complexity index is 910. The molecule has 0 spiro atoms. The van der Waals surface area contributed by atoms with E-state index in [2.05, 4.69) is 13.8 Å². The number of hydrogen-bond donors (Lipinski definition) is 1. The molecule has 0 aromatic heterocycles. The van der Waals surface area contributed by atoms with E-state index in [0.29, 0.717) is 47.5 Å². The van der Waals surface area contributed by atoms with Crippen molar-refractivity contribution in [3.05, 3.63) is 0 Å². The molecule has 4 fully saturated rings. The molecule has 232 valence electrons. The van der Waals surface area contributed by atoms with E-state index in [9.17, 15) is 36.1 Å². The molecule has 0 saturated heterocycles. The summed E-state index contributed by atoms with van der Waals surface area (Å²) in [5.74, 6) is -1.18. The first-order chi connectivity index (χ1) is 18.7. The second-order valence-electron chi connectivity index (χ2n) is 14.1. The van der Waals surface area contributed by atoms with Crippen LogP contribution in [0.3, 0.4) is 0 Å². The van der Waals surface area contributed by atoms with Gasteiger partial charge in [0, 0.05) is 41.6 Å². The molecule has 4 unspecified atom stereocenters. The number of hydrogen-bond acceptors (Lipinski definition) is 3. The highest BCUT2D eigenvalue weighted by Gasteiger charge is 2.62. The summed E-state index contributed by atoms with van der Waals surface area (Å²) in [6, 6.07) is 0. The van der Waals surface area contributed by atoms with Crippen molar-refractivity contribution < 1.29 is 36.1 Å². The van der Waals surface area contributed by atoms with Crippen molar-refractivity contribution in [2.45, 2.75) is 135 Å². The second-order valence-corrected chi connectivity index (χ2v) is 15.8. The van der Waals surface area contributed by atoms with Gasteiger partial charge >= 0.3 is 12.1 Å². The highest BCUT2D eigenvalue weighted by Crippen LogP contribution is 2.67. The van der Waals surface area contributed by atoms with Crippen LogP contribution in [0.2, 0.25) is 0 Å². The van der Waals surface area contributed by atoms with E-state index < -0.39 is 35.7 Å². The molecule has 0 heterocycles. The summed E-state index contributed by atoms with van der Waals surface area (Å²) in [7, 11) is -1.37. The summed E-state index contributed by atoms with van der Waals surface area (Å²) in [5, 5.41) is 10.9. The first-order valence-electron chi connectivity index (χ1n) is 15.7. The third kappa shape index (κ3) is 6.65. The Morgan fingerprint density at radius 2 is 1.52 bits per heavy atom. The van der Waals surface area contributed by atoms with E-state index in [1.165, 1.54) is 0 Å². The van der Waals surface area contributed by atoms with E-state index in [4.69, 9.17) is 0 Å². The summed E-state index contributed by atoms with van der Waals surface area (Å²) in [5.41, 5.74) is 0.258. The quantitative estimate of drug-likeness (QED) is 0.182. The molecule has 0 bridgehead atoms. The predicted molar refractivity (Wildman–Crippen MR) is 147 cm³/mol. The minimum Gasteiger partial charge on any atom is -0.393 e. The van der Waals surface area contributed by atoms with Crippen molar-refractivity contribution in [2.24, 2.45) is 40.4 Å². The van der Waals surface area contributed by atoms with Crippen molar-refractivity contribution in [3.63, 3.8) is 0 Å². The van der Waals surface area contributed by atoms with Gasteiger partial charge in [-0.1, -0.05) is 46.0 Å². The van der Waals surface area contributed by atoms with Gasteiger partial charge in [-0.3, -0.25) is 9.00 Å². The smallest absolute Gasteiger partial charge is 0.393 e. The lowest BCUT2D eigenvalue weighted by Gasteiger charge is -2.62. The predicted octanol–water partition coefficient (Wildman–Crippen LogP) is 8.25. The molecule has 4 rings (SSSR count). The number of unbranched alkanes of at least 4 members (excludes halogenated alkanes) is 4. The molecule has 4 aliphatic carbocycles. The maximum Gasteiger partial charge on any atom is 0.453 e. The van der Waals surface area contributed by atoms with Gasteiger partial charge in [-0.2, -0.15) is 22.0 Å². The van der Waals surface area contributed by atoms with Crippen molar-refractivity contribution in [2.75, 3.05) is 11.5 Å². The lowest BCUT2D eigenvalue weighted by Crippen LogP contribution is -2.57. The first-order valence-corrected chi connectivity index (χ1v) is 17.2. The average Bonchev–Trinajstić information content (AvgIpc) is 3.17. The zero-order valence-corrected chi connectivity index (χ0v) is 25.1. The number of aliphatic hydroxyl groups excluding tert-OH is 1. The minimum atomic E-state index is -5.55. The number of carbonyl (C=O) groups excluding carboxylic acids is 1. The lowest BCUT2D eigenvalue weighted by atomic mass is 9.42. The summed E-state index contributed by atoms with van der Waals surface area (Å²) >= 11 is 0. The van der Waals surface area contributed by atoms with Gasteiger partial charge in [-0.15, -0.1) is 0 Å². The Kier molecular flexibility index (Phi) is 10.2. The molecule has 40 heavy (non-hydrogen) atoms. The van der Waals surface area contributed by atoms with Gasteiger partial charge in [-0.25, -0.2) is 0 Å². The van der Waals surface area contributed by atoms with Crippen LogP contribution >= 0.6 is 0 Å². The fraction of sp³-hybridized carbons (Fsp3) is 0.968. The van der Waals surface area contributed by atoms with Crippen LogP contribution in [0.25, 0.3) is 0 Å². The second kappa shape index (κ2) is 12.6. The van der Waals surface area contributed by atoms with E-state index in [1.807, 2.05) is 0 Å². The molecular formula is C31H49F5O3S. The molecule has 0 aromatic rings. The molecular weight excluding hydrogens is 547 g/mol. The summed E-state index contributed by atoms with van der Waals surface area (Å²) in [6.07, 6.45) is 6.27. The van der Waals surface area contributed by atoms with E-state index in [1.54, 1.807) is 0 Å². The Morgan fingerprint density at radius 1 is 0.875 bits per heavy atom. The lowest BCUT2D eigenvalue weighted by molar-refractivity contribution is -0.284. The van der Waals surface area contributed by atoms with Gasteiger partial charge in [0.25, 0.3) is 0 Å². The van der Waals surface area contributed by atoms with E-state index >= 15 is 0 Å². The first kappa shape index (κ1) is 32.3. The number of Topliss-reactive ketones (excluding diaryl/α,β-unsaturated/α-hetero) is 1. The van der Waals surface area contributed by atoms with Crippen molar-refractivity contribution in [3.8, 4) is 0 Å². The summed E-state index contributed by atoms with van der Waals surface area (Å²) in [6.45, 7) is 4.77. The Labute approximate surface area is 239 Å². The molecule has 9 heteroatoms. The average molecular weight is 597 g/mol. The minimum absolute atomic E-state index is 0.0192. The molecule has 4 saturated carbocycles. The van der Waals surface area contributed by atoms with Crippen molar-refractivity contribution in [1.29, 1.82) is 0 Å². The monoisotopic (exact) mass is 596 g/mol. The number of halogens is 5. The Balaban J connectivity index is 1.22. The molecule has 0 amide bonds. The van der Waals surface area contributed by atoms with Crippen LogP contribution in [0.4, 0.5) is 22.0 Å². The maximum absolute atomic E-state index is 13.0. The third-order valence-electron chi connectivity index (χ3n) is 11.8. The van der Waals surface area contributed by atoms with Gasteiger partial charge in [0.1, 0.15) is 5.78 Å². The molecule has 9 atom stereocenters. The highest BCUT2D eigenvalue weighted by molar-refractivity contribution is 7.84. The Morgan fingerprint density at radius 3 is 2.25 bits per heavy atom. The SMILES string of the molecule is C[C@]12CCC(=O)CC1CC(CCCCCCCS(=O)CCCC(F)(F)C(F)(F)F)[C@@H]1[C@H]2CC[C@]2(C)C(O)CC[C@@H]12. The van der Waals surface area contributed by atoms with Gasteiger partial charge < -0.3 is 5.11 Å². The fourth-order valence-corrected chi connectivity index (χ4v) is 10.6. The van der Waals surface area contributed by atoms with Gasteiger partial charge in [-0.05, 0) is 91.8 Å². The highest BCUT2D eigenvalue weighted by atomic mass is 32.2. The van der Waals surface area contributed by atoms with E-state index in [-0.39, 0.29) is 22.7 Å². The van der Waals surface area contributed by atoms with E-state index in [0.717, 1.165) is 83.5 Å². The number of alkyl halides is 5. The molecule has 4 aliphatic rings. The van der Waals surface area contributed by atoms with Gasteiger partial charge in [0.05, 0.1) is 6.10 Å². The van der Waals surface area contributed by atoms with Crippen LogP contribution in [0, 0.1) is 40.4 Å². The fourth-order valence-electron chi connectivity index (χ4n) is 9.39. The molecule has 0 aromatic carbocycles. The maximum atomic E-state index is 13.0. The third-order valence-corrected chi connectivity index (χ3v) is 13.3. The number of aliphatic hydroxyl groups is 1. The van der Waals surface area contributed by atoms with Crippen molar-refractivity contribution in [1.82, 2.24) is 0 Å². The van der Waals surface area contributed by atoms with Crippen LogP contribution in [0.1, 0.15) is 117 Å². The molecule has 3 nitrogen and oxygen atoms in total. The van der Waals surface area contributed by atoms with Crippen LogP contribution in [-0.2, 0) is 15.6 Å². The van der Waals surface area contributed by atoms with Gasteiger partial charge in [0.15, 0.2) is 0 Å². The summed E-state index contributed by atoms with van der Waals surface area (Å²) < 4.78 is 74.8. The molecule has 0 aliphatic heterocycles. The topological polar surface area (TPSA) is 54.4 Å². The number of fused-ring (bicyclic) bond motifs is 5. The number of carbonyl (C=O) groups is 1. The standard InChI is InChI=1S/C31H49F5O3S/c1-28-15-12-23(37)20-22(28)19-21(27-24-10-11-26(38)29(24,2)16-13-25(27)28)9-6-4-3-5-7-17-40(39)18-8-14-30(32,33)31(34,35)36/h21-22,24-27,38H,3-20H2,1-2H3/t21?,22?,24-,25+,26?,27-,28-,29-,40?/m0/s1. The van der Waals surface area contributed by atoms with Crippen LogP contribution < -0.4 is 0 Å².